The van der Waals surface area contributed by atoms with Crippen molar-refractivity contribution in [1.29, 1.82) is 0 Å². The van der Waals surface area contributed by atoms with E-state index in [1.54, 1.807) is 0 Å². The molecule has 0 bridgehead atoms. The molecule has 2 aromatic heterocycles. The second kappa shape index (κ2) is 4.68. The summed E-state index contributed by atoms with van der Waals surface area (Å²) in [5.41, 5.74) is 3.96. The Labute approximate surface area is 128 Å². The Hall–Kier alpha value is -2.19. The first kappa shape index (κ1) is 12.5. The van der Waals surface area contributed by atoms with Crippen molar-refractivity contribution in [1.82, 2.24) is 0 Å². The molecule has 102 valence electrons. The van der Waals surface area contributed by atoms with Crippen molar-refractivity contribution >= 4 is 31.5 Å². The molecule has 0 N–H and O–H groups in total. The SMILES string of the molecule is Cc1ccc2c(sc3ccccc32)c1-c1cccc[n+]1C. The van der Waals surface area contributed by atoms with Crippen LogP contribution >= 0.6 is 11.3 Å². The highest BCUT2D eigenvalue weighted by Gasteiger charge is 2.17. The third-order valence-electron chi connectivity index (χ3n) is 4.07. The van der Waals surface area contributed by atoms with E-state index < -0.39 is 0 Å². The first-order valence-corrected chi connectivity index (χ1v) is 7.93. The van der Waals surface area contributed by atoms with E-state index in [1.807, 2.05) is 11.3 Å². The van der Waals surface area contributed by atoms with Gasteiger partial charge in [0.25, 0.3) is 0 Å². The second-order valence-corrected chi connectivity index (χ2v) is 6.48. The van der Waals surface area contributed by atoms with Crippen LogP contribution in [0.2, 0.25) is 0 Å². The van der Waals surface area contributed by atoms with Crippen LogP contribution in [0.5, 0.6) is 0 Å². The van der Waals surface area contributed by atoms with Crippen LogP contribution in [0.3, 0.4) is 0 Å². The lowest BCUT2D eigenvalue weighted by Gasteiger charge is -2.05. The van der Waals surface area contributed by atoms with Crippen LogP contribution < -0.4 is 4.57 Å². The van der Waals surface area contributed by atoms with Crippen molar-refractivity contribution in [3.05, 3.63) is 66.4 Å². The average Bonchev–Trinajstić information content (AvgIpc) is 2.87. The van der Waals surface area contributed by atoms with Crippen LogP contribution in [0.1, 0.15) is 5.56 Å². The molecule has 0 atom stereocenters. The molecule has 4 rings (SSSR count). The highest BCUT2D eigenvalue weighted by molar-refractivity contribution is 7.26. The van der Waals surface area contributed by atoms with Gasteiger partial charge in [0.1, 0.15) is 7.05 Å². The summed E-state index contributed by atoms with van der Waals surface area (Å²) in [5, 5.41) is 2.72. The molecule has 0 spiro atoms. The molecule has 0 saturated carbocycles. The van der Waals surface area contributed by atoms with Crippen molar-refractivity contribution in [3.63, 3.8) is 0 Å². The van der Waals surface area contributed by atoms with Gasteiger partial charge in [-0.05, 0) is 24.6 Å². The largest absolute Gasteiger partial charge is 0.213 e. The minimum atomic E-state index is 1.27. The number of benzene rings is 2. The highest BCUT2D eigenvalue weighted by atomic mass is 32.1. The number of hydrogen-bond donors (Lipinski definition) is 0. The van der Waals surface area contributed by atoms with Gasteiger partial charge in [-0.2, -0.15) is 0 Å². The van der Waals surface area contributed by atoms with E-state index in [-0.39, 0.29) is 0 Å². The Balaban J connectivity index is 2.18. The van der Waals surface area contributed by atoms with E-state index in [9.17, 15) is 0 Å². The van der Waals surface area contributed by atoms with Crippen LogP contribution in [0.4, 0.5) is 0 Å². The summed E-state index contributed by atoms with van der Waals surface area (Å²) < 4.78 is 4.95. The first-order valence-electron chi connectivity index (χ1n) is 7.11. The molecule has 0 unspecified atom stereocenters. The van der Waals surface area contributed by atoms with E-state index in [0.717, 1.165) is 0 Å². The van der Waals surface area contributed by atoms with Gasteiger partial charge in [0.05, 0.1) is 5.56 Å². The molecule has 0 aliphatic heterocycles. The molecular formula is C19H16NS+. The number of hydrogen-bond acceptors (Lipinski definition) is 1. The summed E-state index contributed by atoms with van der Waals surface area (Å²) in [7, 11) is 2.11. The van der Waals surface area contributed by atoms with Gasteiger partial charge < -0.3 is 0 Å². The maximum absolute atomic E-state index is 2.26. The summed E-state index contributed by atoms with van der Waals surface area (Å²) in [6.07, 6.45) is 2.11. The molecule has 0 saturated heterocycles. The maximum Gasteiger partial charge on any atom is 0.213 e. The Morgan fingerprint density at radius 3 is 2.52 bits per heavy atom. The van der Waals surface area contributed by atoms with Gasteiger partial charge >= 0.3 is 0 Å². The summed E-state index contributed by atoms with van der Waals surface area (Å²) in [4.78, 5) is 0. The Morgan fingerprint density at radius 1 is 0.857 bits per heavy atom. The quantitative estimate of drug-likeness (QED) is 0.441. The highest BCUT2D eigenvalue weighted by Crippen LogP contribution is 2.40. The fourth-order valence-electron chi connectivity index (χ4n) is 2.99. The monoisotopic (exact) mass is 290 g/mol. The molecule has 0 amide bonds. The minimum Gasteiger partial charge on any atom is -0.201 e. The second-order valence-electron chi connectivity index (χ2n) is 5.43. The summed E-state index contributed by atoms with van der Waals surface area (Å²) in [5.74, 6) is 0. The van der Waals surface area contributed by atoms with Crippen LogP contribution in [-0.2, 0) is 7.05 Å². The lowest BCUT2D eigenvalue weighted by atomic mass is 10.0. The number of nitrogens with zero attached hydrogens (tertiary/aromatic N) is 1. The third kappa shape index (κ3) is 1.87. The van der Waals surface area contributed by atoms with E-state index in [0.29, 0.717) is 0 Å². The Kier molecular flexibility index (Phi) is 2.79. The topological polar surface area (TPSA) is 3.88 Å². The van der Waals surface area contributed by atoms with Gasteiger partial charge in [0, 0.05) is 32.3 Å². The molecule has 21 heavy (non-hydrogen) atoms. The van der Waals surface area contributed by atoms with Gasteiger partial charge in [-0.15, -0.1) is 11.3 Å². The fraction of sp³-hybridized carbons (Fsp3) is 0.105. The van der Waals surface area contributed by atoms with Crippen molar-refractivity contribution in [2.75, 3.05) is 0 Å². The number of thiophene rings is 1. The van der Waals surface area contributed by atoms with Gasteiger partial charge in [0.2, 0.25) is 5.69 Å². The van der Waals surface area contributed by atoms with E-state index in [4.69, 9.17) is 0 Å². The zero-order chi connectivity index (χ0) is 14.4. The number of rotatable bonds is 1. The number of aromatic nitrogens is 1. The van der Waals surface area contributed by atoms with E-state index in [1.165, 1.54) is 37.0 Å². The molecule has 0 aliphatic carbocycles. The molecule has 2 heterocycles. The molecule has 2 aromatic carbocycles. The number of fused-ring (bicyclic) bond motifs is 3. The van der Waals surface area contributed by atoms with Crippen LogP contribution in [-0.4, -0.2) is 0 Å². The Bertz CT molecular complexity index is 966. The zero-order valence-corrected chi connectivity index (χ0v) is 12.9. The molecule has 0 fully saturated rings. The molecule has 4 aromatic rings. The molecule has 0 aliphatic rings. The van der Waals surface area contributed by atoms with Crippen LogP contribution in [0, 0.1) is 6.92 Å². The lowest BCUT2D eigenvalue weighted by Crippen LogP contribution is -2.30. The van der Waals surface area contributed by atoms with Gasteiger partial charge in [-0.25, -0.2) is 4.57 Å². The van der Waals surface area contributed by atoms with Gasteiger partial charge in [-0.1, -0.05) is 30.3 Å². The van der Waals surface area contributed by atoms with E-state index in [2.05, 4.69) is 79.3 Å². The maximum atomic E-state index is 2.26. The van der Waals surface area contributed by atoms with Crippen molar-refractivity contribution in [3.8, 4) is 11.3 Å². The fourth-order valence-corrected chi connectivity index (χ4v) is 4.30. The molecular weight excluding hydrogens is 274 g/mol. The molecule has 0 radical (unpaired) electrons. The third-order valence-corrected chi connectivity index (χ3v) is 5.27. The first-order chi connectivity index (χ1) is 10.3. The predicted octanol–water partition coefficient (Wildman–Crippen LogP) is 4.85. The van der Waals surface area contributed by atoms with E-state index >= 15 is 0 Å². The summed E-state index contributed by atoms with van der Waals surface area (Å²) in [6, 6.07) is 19.6. The summed E-state index contributed by atoms with van der Waals surface area (Å²) in [6.45, 7) is 2.20. The van der Waals surface area contributed by atoms with Crippen molar-refractivity contribution < 1.29 is 4.57 Å². The average molecular weight is 290 g/mol. The van der Waals surface area contributed by atoms with Gasteiger partial charge in [-0.3, -0.25) is 0 Å². The molecule has 1 nitrogen and oxygen atoms in total. The van der Waals surface area contributed by atoms with Crippen molar-refractivity contribution in [2.24, 2.45) is 7.05 Å². The predicted molar refractivity (Wildman–Crippen MR) is 90.7 cm³/mol. The Morgan fingerprint density at radius 2 is 1.67 bits per heavy atom. The molecule has 2 heteroatoms. The smallest absolute Gasteiger partial charge is 0.201 e. The number of pyridine rings is 1. The van der Waals surface area contributed by atoms with Crippen molar-refractivity contribution in [2.45, 2.75) is 6.92 Å². The number of aryl methyl sites for hydroxylation is 2. The zero-order valence-electron chi connectivity index (χ0n) is 12.1. The van der Waals surface area contributed by atoms with Crippen LogP contribution in [0.15, 0.2) is 60.8 Å². The normalized spacial score (nSPS) is 11.3. The van der Waals surface area contributed by atoms with Gasteiger partial charge in [0.15, 0.2) is 6.20 Å². The minimum absolute atomic E-state index is 1.27. The lowest BCUT2D eigenvalue weighted by molar-refractivity contribution is -0.660. The standard InChI is InChI=1S/C19H16NS/c1-13-10-11-15-14-7-3-4-9-17(14)21-19(15)18(13)16-8-5-6-12-20(16)2/h3-12H,1-2H3/q+1. The van der Waals surface area contributed by atoms with Crippen LogP contribution in [0.25, 0.3) is 31.4 Å². The summed E-state index contributed by atoms with van der Waals surface area (Å²) >= 11 is 1.89.